The molecule has 0 aliphatic heterocycles. The van der Waals surface area contributed by atoms with Crippen LogP contribution in [0, 0.1) is 0 Å². The van der Waals surface area contributed by atoms with Crippen LogP contribution in [0.5, 0.6) is 11.5 Å². The van der Waals surface area contributed by atoms with Gasteiger partial charge in [0.25, 0.3) is 0 Å². The van der Waals surface area contributed by atoms with Crippen molar-refractivity contribution in [3.63, 3.8) is 0 Å². The maximum atomic E-state index is 6.09. The minimum Gasteiger partial charge on any atom is -0.532 e. The van der Waals surface area contributed by atoms with Crippen molar-refractivity contribution in [2.45, 2.75) is 0 Å². The summed E-state index contributed by atoms with van der Waals surface area (Å²) < 4.78 is 12.2. The Balaban J connectivity index is 2.18. The standard InChI is InChI=1S/C24H26O2Si2/c1-7-27(8-2,9-3)25-23-17-13-21(14-18-23)22-15-19-24(20-16-22)26-28(10-4,11-5)12-6/h7-20H,1-6H2. The summed E-state index contributed by atoms with van der Waals surface area (Å²) in [5, 5.41) is 0. The molecule has 2 rings (SSSR count). The minimum atomic E-state index is -2.34. The molecule has 142 valence electrons. The maximum absolute atomic E-state index is 6.09. The van der Waals surface area contributed by atoms with Crippen LogP contribution in [-0.2, 0) is 0 Å². The van der Waals surface area contributed by atoms with E-state index in [1.165, 1.54) is 0 Å². The summed E-state index contributed by atoms with van der Waals surface area (Å²) in [5.74, 6) is 1.54. The highest BCUT2D eigenvalue weighted by atomic mass is 28.4. The van der Waals surface area contributed by atoms with E-state index >= 15 is 0 Å². The summed E-state index contributed by atoms with van der Waals surface area (Å²) in [7, 11) is -4.68. The Morgan fingerprint density at radius 3 is 0.929 bits per heavy atom. The van der Waals surface area contributed by atoms with Gasteiger partial charge in [0.15, 0.2) is 0 Å². The highest BCUT2D eigenvalue weighted by molar-refractivity contribution is 6.88. The van der Waals surface area contributed by atoms with E-state index in [-0.39, 0.29) is 0 Å². The van der Waals surface area contributed by atoms with Gasteiger partial charge in [0.05, 0.1) is 0 Å². The zero-order valence-electron chi connectivity index (χ0n) is 16.1. The summed E-state index contributed by atoms with van der Waals surface area (Å²) in [4.78, 5) is 0. The van der Waals surface area contributed by atoms with Crippen LogP contribution in [0.2, 0.25) is 0 Å². The normalized spacial score (nSPS) is 11.0. The molecule has 0 fully saturated rings. The Morgan fingerprint density at radius 2 is 0.714 bits per heavy atom. The lowest BCUT2D eigenvalue weighted by molar-refractivity contribution is 0.573. The lowest BCUT2D eigenvalue weighted by Crippen LogP contribution is -2.35. The van der Waals surface area contributed by atoms with Crippen molar-refractivity contribution in [1.82, 2.24) is 0 Å². The van der Waals surface area contributed by atoms with Crippen LogP contribution in [0.15, 0.2) is 122 Å². The predicted molar refractivity (Wildman–Crippen MR) is 126 cm³/mol. The first-order valence-corrected chi connectivity index (χ1v) is 13.2. The first kappa shape index (κ1) is 21.2. The van der Waals surface area contributed by atoms with Crippen LogP contribution in [0.3, 0.4) is 0 Å². The van der Waals surface area contributed by atoms with Crippen LogP contribution in [0.1, 0.15) is 0 Å². The Kier molecular flexibility index (Phi) is 6.98. The van der Waals surface area contributed by atoms with E-state index < -0.39 is 16.6 Å². The Hall–Kier alpha value is -3.09. The van der Waals surface area contributed by atoms with Gasteiger partial charge in [0.2, 0.25) is 0 Å². The van der Waals surface area contributed by atoms with E-state index in [1.54, 1.807) is 34.2 Å². The van der Waals surface area contributed by atoms with Gasteiger partial charge < -0.3 is 8.85 Å². The van der Waals surface area contributed by atoms with E-state index in [2.05, 4.69) is 39.5 Å². The molecule has 0 radical (unpaired) electrons. The van der Waals surface area contributed by atoms with Gasteiger partial charge in [-0.25, -0.2) is 0 Å². The molecule has 4 heteroatoms. The van der Waals surface area contributed by atoms with E-state index in [0.717, 1.165) is 22.6 Å². The summed E-state index contributed by atoms with van der Waals surface area (Å²) in [6.45, 7) is 23.1. The highest BCUT2D eigenvalue weighted by Gasteiger charge is 2.26. The van der Waals surface area contributed by atoms with Gasteiger partial charge in [-0.2, -0.15) is 0 Å². The second-order valence-corrected chi connectivity index (χ2v) is 12.5. The Labute approximate surface area is 170 Å². The van der Waals surface area contributed by atoms with Gasteiger partial charge >= 0.3 is 16.6 Å². The molecule has 2 aromatic rings. The summed E-state index contributed by atoms with van der Waals surface area (Å²) >= 11 is 0. The second kappa shape index (κ2) is 9.21. The van der Waals surface area contributed by atoms with Gasteiger partial charge in [-0.3, -0.25) is 0 Å². The van der Waals surface area contributed by atoms with Crippen molar-refractivity contribution < 1.29 is 8.85 Å². The van der Waals surface area contributed by atoms with Crippen LogP contribution in [-0.4, -0.2) is 16.6 Å². The molecule has 0 atom stereocenters. The molecule has 2 nitrogen and oxygen atoms in total. The lowest BCUT2D eigenvalue weighted by atomic mass is 10.1. The number of hydrogen-bond donors (Lipinski definition) is 0. The van der Waals surface area contributed by atoms with Crippen molar-refractivity contribution in [3.05, 3.63) is 122 Å². The van der Waals surface area contributed by atoms with E-state index in [9.17, 15) is 0 Å². The fourth-order valence-corrected chi connectivity index (χ4v) is 5.18. The molecule has 0 aliphatic rings. The average Bonchev–Trinajstić information content (AvgIpc) is 2.77. The molecule has 0 spiro atoms. The third-order valence-corrected chi connectivity index (χ3v) is 9.55. The molecule has 0 saturated carbocycles. The van der Waals surface area contributed by atoms with Crippen molar-refractivity contribution in [3.8, 4) is 22.6 Å². The zero-order valence-corrected chi connectivity index (χ0v) is 18.1. The minimum absolute atomic E-state index is 0.772. The van der Waals surface area contributed by atoms with Crippen molar-refractivity contribution in [2.75, 3.05) is 0 Å². The maximum Gasteiger partial charge on any atom is 0.323 e. The smallest absolute Gasteiger partial charge is 0.323 e. The van der Waals surface area contributed by atoms with Gasteiger partial charge in [0.1, 0.15) is 11.5 Å². The molecule has 0 aliphatic carbocycles. The van der Waals surface area contributed by atoms with Gasteiger partial charge in [-0.15, -0.1) is 39.5 Å². The molecule has 2 aromatic carbocycles. The third kappa shape index (κ3) is 4.60. The summed E-state index contributed by atoms with van der Waals surface area (Å²) in [5.41, 5.74) is 13.0. The van der Waals surface area contributed by atoms with Crippen molar-refractivity contribution in [1.29, 1.82) is 0 Å². The zero-order chi connectivity index (χ0) is 20.6. The first-order valence-electron chi connectivity index (χ1n) is 8.89. The van der Waals surface area contributed by atoms with Crippen LogP contribution < -0.4 is 8.85 Å². The molecule has 0 aromatic heterocycles. The van der Waals surface area contributed by atoms with Gasteiger partial charge in [0, 0.05) is 0 Å². The molecule has 0 N–H and O–H groups in total. The van der Waals surface area contributed by atoms with Gasteiger partial charge in [-0.05, 0) is 35.4 Å². The van der Waals surface area contributed by atoms with E-state index in [4.69, 9.17) is 8.85 Å². The number of hydrogen-bond acceptors (Lipinski definition) is 2. The van der Waals surface area contributed by atoms with Crippen LogP contribution in [0.25, 0.3) is 11.1 Å². The Bertz CT molecular complexity index is 761. The van der Waals surface area contributed by atoms with Crippen molar-refractivity contribution >= 4 is 16.6 Å². The highest BCUT2D eigenvalue weighted by Crippen LogP contribution is 2.27. The fourth-order valence-electron chi connectivity index (χ4n) is 2.59. The summed E-state index contributed by atoms with van der Waals surface area (Å²) in [6, 6.07) is 15.9. The second-order valence-electron chi connectivity index (χ2n) is 6.18. The Morgan fingerprint density at radius 1 is 0.464 bits per heavy atom. The monoisotopic (exact) mass is 402 g/mol. The lowest BCUT2D eigenvalue weighted by Gasteiger charge is -2.22. The largest absolute Gasteiger partial charge is 0.532 e. The molecule has 0 unspecified atom stereocenters. The summed E-state index contributed by atoms with van der Waals surface area (Å²) in [6.07, 6.45) is 0. The average molecular weight is 403 g/mol. The third-order valence-electron chi connectivity index (χ3n) is 4.55. The van der Waals surface area contributed by atoms with Crippen LogP contribution in [0.4, 0.5) is 0 Å². The predicted octanol–water partition coefficient (Wildman–Crippen LogP) is 6.35. The first-order chi connectivity index (χ1) is 13.5. The number of rotatable bonds is 11. The van der Waals surface area contributed by atoms with Gasteiger partial charge in [-0.1, -0.05) is 58.5 Å². The molecule has 0 amide bonds. The molecule has 0 heterocycles. The molecular formula is C24H26O2Si2. The number of benzene rings is 2. The molecular weight excluding hydrogens is 376 g/mol. The van der Waals surface area contributed by atoms with E-state index in [0.29, 0.717) is 0 Å². The molecule has 28 heavy (non-hydrogen) atoms. The fraction of sp³-hybridized carbons (Fsp3) is 0. The quantitative estimate of drug-likeness (QED) is 0.408. The molecule has 0 saturated heterocycles. The topological polar surface area (TPSA) is 18.5 Å². The SMILES string of the molecule is C=C[Si](C=C)(C=C)Oc1ccc(-c2ccc(O[Si](C=C)(C=C)C=C)cc2)cc1. The molecule has 0 bridgehead atoms. The van der Waals surface area contributed by atoms with Crippen LogP contribution >= 0.6 is 0 Å². The van der Waals surface area contributed by atoms with Crippen molar-refractivity contribution in [2.24, 2.45) is 0 Å². The van der Waals surface area contributed by atoms with E-state index in [1.807, 2.05) is 48.5 Å².